The number of hydrogen-bond donors (Lipinski definition) is 1. The van der Waals surface area contributed by atoms with Crippen molar-refractivity contribution in [2.75, 3.05) is 26.2 Å². The summed E-state index contributed by atoms with van der Waals surface area (Å²) >= 11 is 1.57. The third-order valence-corrected chi connectivity index (χ3v) is 6.27. The minimum atomic E-state index is 0.0527. The lowest BCUT2D eigenvalue weighted by molar-refractivity contribution is -0.118. The van der Waals surface area contributed by atoms with Crippen LogP contribution < -0.4 is 10.1 Å². The second-order valence-corrected chi connectivity index (χ2v) is 9.02. The Labute approximate surface area is 182 Å². The highest BCUT2D eigenvalue weighted by Crippen LogP contribution is 2.31. The molecule has 1 aromatic heterocycles. The molecule has 0 saturated heterocycles. The van der Waals surface area contributed by atoms with E-state index in [0.29, 0.717) is 5.19 Å². The van der Waals surface area contributed by atoms with Crippen LogP contribution in [0.15, 0.2) is 48.5 Å². The van der Waals surface area contributed by atoms with Crippen molar-refractivity contribution in [2.45, 2.75) is 32.6 Å². The number of para-hydroxylation sites is 1. The summed E-state index contributed by atoms with van der Waals surface area (Å²) in [7, 11) is 0. The molecule has 1 aliphatic rings. The maximum absolute atomic E-state index is 11.0. The fourth-order valence-electron chi connectivity index (χ4n) is 3.53. The van der Waals surface area contributed by atoms with Gasteiger partial charge in [-0.25, -0.2) is 4.98 Å². The predicted octanol–water partition coefficient (Wildman–Crippen LogP) is 4.87. The third kappa shape index (κ3) is 6.28. The summed E-state index contributed by atoms with van der Waals surface area (Å²) in [6, 6.07) is 16.4. The molecule has 0 aliphatic heterocycles. The molecule has 3 aromatic rings. The molecule has 0 spiro atoms. The molecule has 1 aliphatic carbocycles. The summed E-state index contributed by atoms with van der Waals surface area (Å²) in [4.78, 5) is 18.1. The monoisotopic (exact) mass is 423 g/mol. The first kappa shape index (κ1) is 20.8. The van der Waals surface area contributed by atoms with Crippen molar-refractivity contribution in [1.29, 1.82) is 0 Å². The normalized spacial score (nSPS) is 13.7. The molecule has 1 fully saturated rings. The molecule has 0 bridgehead atoms. The van der Waals surface area contributed by atoms with E-state index in [-0.39, 0.29) is 5.91 Å². The third-order valence-electron chi connectivity index (χ3n) is 5.36. The van der Waals surface area contributed by atoms with E-state index >= 15 is 0 Å². The zero-order valence-electron chi connectivity index (χ0n) is 17.5. The fourth-order valence-corrected chi connectivity index (χ4v) is 4.37. The first-order valence-corrected chi connectivity index (χ1v) is 11.6. The molecule has 1 heterocycles. The molecule has 1 N–H and O–H groups in total. The van der Waals surface area contributed by atoms with Gasteiger partial charge in [0.15, 0.2) is 0 Å². The Bertz CT molecular complexity index is 933. The summed E-state index contributed by atoms with van der Waals surface area (Å²) in [5, 5.41) is 3.57. The van der Waals surface area contributed by atoms with Gasteiger partial charge in [0, 0.05) is 26.6 Å². The lowest BCUT2D eigenvalue weighted by Crippen LogP contribution is -2.32. The smallest absolute Gasteiger partial charge is 0.279 e. The quantitative estimate of drug-likeness (QED) is 0.447. The van der Waals surface area contributed by atoms with E-state index in [4.69, 9.17) is 4.74 Å². The van der Waals surface area contributed by atoms with Crippen molar-refractivity contribution in [3.05, 3.63) is 54.1 Å². The largest absolute Gasteiger partial charge is 0.431 e. The van der Waals surface area contributed by atoms with Crippen LogP contribution in [0.4, 0.5) is 0 Å². The van der Waals surface area contributed by atoms with E-state index in [1.54, 1.807) is 18.3 Å². The molecule has 30 heavy (non-hydrogen) atoms. The van der Waals surface area contributed by atoms with Crippen LogP contribution in [0.2, 0.25) is 0 Å². The molecular weight excluding hydrogens is 394 g/mol. The van der Waals surface area contributed by atoms with Gasteiger partial charge in [-0.15, -0.1) is 0 Å². The van der Waals surface area contributed by atoms with E-state index in [1.165, 1.54) is 24.9 Å². The van der Waals surface area contributed by atoms with Gasteiger partial charge in [-0.1, -0.05) is 35.6 Å². The average molecular weight is 424 g/mol. The van der Waals surface area contributed by atoms with E-state index in [9.17, 15) is 4.79 Å². The number of nitrogens with one attached hydrogen (secondary N) is 1. The summed E-state index contributed by atoms with van der Waals surface area (Å²) in [5.41, 5.74) is 2.29. The topological polar surface area (TPSA) is 54.5 Å². The number of fused-ring (bicyclic) bond motifs is 1. The van der Waals surface area contributed by atoms with Crippen LogP contribution in [-0.2, 0) is 11.2 Å². The van der Waals surface area contributed by atoms with Crippen LogP contribution in [0.1, 0.15) is 31.7 Å². The van der Waals surface area contributed by atoms with E-state index in [2.05, 4.69) is 33.4 Å². The number of carbonyl (C=O) groups excluding carboxylic acids is 1. The van der Waals surface area contributed by atoms with E-state index < -0.39 is 0 Å². The summed E-state index contributed by atoms with van der Waals surface area (Å²) < 4.78 is 7.09. The molecule has 4 rings (SSSR count). The fraction of sp³-hybridized carbons (Fsp3) is 0.417. The van der Waals surface area contributed by atoms with E-state index in [0.717, 1.165) is 54.4 Å². The highest BCUT2D eigenvalue weighted by molar-refractivity contribution is 7.20. The second kappa shape index (κ2) is 10.0. The van der Waals surface area contributed by atoms with Gasteiger partial charge in [-0.3, -0.25) is 4.79 Å². The van der Waals surface area contributed by atoms with Crippen molar-refractivity contribution in [1.82, 2.24) is 15.2 Å². The predicted molar refractivity (Wildman–Crippen MR) is 122 cm³/mol. The Balaban J connectivity index is 1.27. The number of thiazole rings is 1. The molecule has 6 heteroatoms. The Morgan fingerprint density at radius 2 is 1.97 bits per heavy atom. The van der Waals surface area contributed by atoms with Crippen molar-refractivity contribution >= 4 is 27.5 Å². The molecule has 0 radical (unpaired) electrons. The van der Waals surface area contributed by atoms with Crippen LogP contribution in [-0.4, -0.2) is 42.0 Å². The van der Waals surface area contributed by atoms with Gasteiger partial charge in [-0.05, 0) is 68.0 Å². The Morgan fingerprint density at radius 3 is 2.70 bits per heavy atom. The van der Waals surface area contributed by atoms with Gasteiger partial charge < -0.3 is 15.0 Å². The zero-order valence-corrected chi connectivity index (χ0v) is 18.3. The first-order valence-electron chi connectivity index (χ1n) is 10.7. The highest BCUT2D eigenvalue weighted by Gasteiger charge is 2.23. The van der Waals surface area contributed by atoms with E-state index in [1.807, 2.05) is 30.3 Å². The Morgan fingerprint density at radius 1 is 1.17 bits per heavy atom. The molecular formula is C24H29N3O2S. The molecule has 1 amide bonds. The lowest BCUT2D eigenvalue weighted by atomic mass is 10.1. The number of carbonyl (C=O) groups is 1. The van der Waals surface area contributed by atoms with Crippen molar-refractivity contribution in [3.8, 4) is 10.9 Å². The Hall–Kier alpha value is -2.44. The summed E-state index contributed by atoms with van der Waals surface area (Å²) in [6.45, 7) is 5.60. The van der Waals surface area contributed by atoms with Gasteiger partial charge in [0.1, 0.15) is 5.75 Å². The van der Waals surface area contributed by atoms with Crippen LogP contribution >= 0.6 is 11.3 Å². The SMILES string of the molecule is CC(=O)NCCCN(CCc1ccc(Oc2nc3ccccc3s2)cc1)CC1CC1. The molecule has 5 nitrogen and oxygen atoms in total. The molecule has 0 atom stereocenters. The first-order chi connectivity index (χ1) is 14.7. The zero-order chi connectivity index (χ0) is 20.8. The summed E-state index contributed by atoms with van der Waals surface area (Å²) in [6.07, 6.45) is 4.75. The highest BCUT2D eigenvalue weighted by atomic mass is 32.1. The van der Waals surface area contributed by atoms with Crippen LogP contribution in [0, 0.1) is 5.92 Å². The maximum Gasteiger partial charge on any atom is 0.279 e. The standard InChI is InChI=1S/C24H29N3O2S/c1-18(28)25-14-4-15-27(17-20-7-8-20)16-13-19-9-11-21(12-10-19)29-24-26-22-5-2-3-6-23(22)30-24/h2-3,5-6,9-12,20H,4,7-8,13-17H2,1H3,(H,25,28). The van der Waals surface area contributed by atoms with Crippen LogP contribution in [0.3, 0.4) is 0 Å². The number of rotatable bonds is 11. The molecule has 0 unspecified atom stereocenters. The van der Waals surface area contributed by atoms with Crippen LogP contribution in [0.5, 0.6) is 10.9 Å². The minimum Gasteiger partial charge on any atom is -0.431 e. The molecule has 158 valence electrons. The van der Waals surface area contributed by atoms with Gasteiger partial charge in [0.2, 0.25) is 5.91 Å². The molecule has 2 aromatic carbocycles. The van der Waals surface area contributed by atoms with Crippen molar-refractivity contribution in [2.24, 2.45) is 5.92 Å². The van der Waals surface area contributed by atoms with Crippen LogP contribution in [0.25, 0.3) is 10.2 Å². The van der Waals surface area contributed by atoms with Gasteiger partial charge >= 0.3 is 0 Å². The average Bonchev–Trinajstić information content (AvgIpc) is 3.46. The number of amides is 1. The molecule has 1 saturated carbocycles. The number of nitrogens with zero attached hydrogens (tertiary/aromatic N) is 2. The van der Waals surface area contributed by atoms with Crippen molar-refractivity contribution < 1.29 is 9.53 Å². The number of hydrogen-bond acceptors (Lipinski definition) is 5. The Kier molecular flexibility index (Phi) is 6.97. The van der Waals surface area contributed by atoms with Gasteiger partial charge in [0.05, 0.1) is 10.2 Å². The number of ether oxygens (including phenoxy) is 1. The maximum atomic E-state index is 11.0. The number of benzene rings is 2. The van der Waals surface area contributed by atoms with Crippen molar-refractivity contribution in [3.63, 3.8) is 0 Å². The minimum absolute atomic E-state index is 0.0527. The van der Waals surface area contributed by atoms with Gasteiger partial charge in [-0.2, -0.15) is 0 Å². The lowest BCUT2D eigenvalue weighted by Gasteiger charge is -2.22. The summed E-state index contributed by atoms with van der Waals surface area (Å²) in [5.74, 6) is 1.75. The number of aromatic nitrogens is 1. The second-order valence-electron chi connectivity index (χ2n) is 8.02. The van der Waals surface area contributed by atoms with Gasteiger partial charge in [0.25, 0.3) is 5.19 Å².